The van der Waals surface area contributed by atoms with E-state index in [-0.39, 0.29) is 6.10 Å². The quantitative estimate of drug-likeness (QED) is 0.910. The van der Waals surface area contributed by atoms with Gasteiger partial charge >= 0.3 is 0 Å². The first-order chi connectivity index (χ1) is 11.1. The molecule has 0 amide bonds. The Hall–Kier alpha value is -1.20. The first-order valence-corrected chi connectivity index (χ1v) is 9.61. The lowest BCUT2D eigenvalue weighted by Gasteiger charge is -2.39. The van der Waals surface area contributed by atoms with Crippen LogP contribution in [0.25, 0.3) is 10.2 Å². The molecule has 23 heavy (non-hydrogen) atoms. The molecule has 2 aliphatic rings. The highest BCUT2D eigenvalue weighted by atomic mass is 32.1. The van der Waals surface area contributed by atoms with Crippen molar-refractivity contribution in [1.29, 1.82) is 0 Å². The predicted molar refractivity (Wildman–Crippen MR) is 95.0 cm³/mol. The summed E-state index contributed by atoms with van der Waals surface area (Å²) in [7, 11) is 0. The van der Waals surface area contributed by atoms with E-state index in [1.807, 2.05) is 0 Å². The molecule has 0 bridgehead atoms. The van der Waals surface area contributed by atoms with E-state index in [1.165, 1.54) is 23.1 Å². The zero-order valence-electron chi connectivity index (χ0n) is 13.9. The third-order valence-corrected chi connectivity index (χ3v) is 6.58. The summed E-state index contributed by atoms with van der Waals surface area (Å²) in [5, 5.41) is 11.8. The first kappa shape index (κ1) is 15.3. The van der Waals surface area contributed by atoms with E-state index < -0.39 is 0 Å². The third-order valence-electron chi connectivity index (χ3n) is 5.62. The number of nitrogens with zero attached hydrogens (tertiary/aromatic N) is 3. The highest BCUT2D eigenvalue weighted by Crippen LogP contribution is 2.40. The predicted octanol–water partition coefficient (Wildman–Crippen LogP) is 3.77. The SMILES string of the molecule is Cc1cc2c(N3CCC[C@@H]3[C@@H]3C[C@H](C)CC[C@@H]3O)ncnc2s1. The van der Waals surface area contributed by atoms with E-state index in [4.69, 9.17) is 0 Å². The fourth-order valence-electron chi connectivity index (χ4n) is 4.52. The monoisotopic (exact) mass is 331 g/mol. The normalized spacial score (nSPS) is 31.9. The number of rotatable bonds is 2. The van der Waals surface area contributed by atoms with Crippen LogP contribution in [0, 0.1) is 18.8 Å². The Labute approximate surface area is 141 Å². The van der Waals surface area contributed by atoms with Gasteiger partial charge in [-0.05, 0) is 51.0 Å². The Kier molecular flexibility index (Phi) is 4.01. The highest BCUT2D eigenvalue weighted by Gasteiger charge is 2.39. The molecule has 5 heteroatoms. The van der Waals surface area contributed by atoms with Gasteiger partial charge in [-0.25, -0.2) is 9.97 Å². The van der Waals surface area contributed by atoms with Crippen molar-refractivity contribution in [3.8, 4) is 0 Å². The average Bonchev–Trinajstić information content (AvgIpc) is 3.14. The Morgan fingerprint density at radius 1 is 1.26 bits per heavy atom. The van der Waals surface area contributed by atoms with Crippen molar-refractivity contribution in [2.75, 3.05) is 11.4 Å². The van der Waals surface area contributed by atoms with Crippen molar-refractivity contribution >= 4 is 27.4 Å². The Morgan fingerprint density at radius 3 is 3.00 bits per heavy atom. The average molecular weight is 331 g/mol. The molecule has 0 aromatic carbocycles. The minimum atomic E-state index is -0.154. The number of fused-ring (bicyclic) bond motifs is 1. The second-order valence-electron chi connectivity index (χ2n) is 7.33. The lowest BCUT2D eigenvalue weighted by atomic mass is 9.76. The zero-order chi connectivity index (χ0) is 16.0. The molecule has 2 fully saturated rings. The maximum Gasteiger partial charge on any atom is 0.141 e. The topological polar surface area (TPSA) is 49.2 Å². The van der Waals surface area contributed by atoms with Gasteiger partial charge in [-0.2, -0.15) is 0 Å². The Balaban J connectivity index is 1.69. The standard InChI is InChI=1S/C18H25N3OS/c1-11-5-6-16(22)13(8-11)15-4-3-7-21(15)17-14-9-12(2)23-18(14)20-10-19-17/h9-11,13,15-16,22H,3-8H2,1-2H3/t11-,13+,15-,16+/m1/s1. The highest BCUT2D eigenvalue weighted by molar-refractivity contribution is 7.18. The molecular weight excluding hydrogens is 306 g/mol. The molecule has 2 aromatic rings. The number of thiophene rings is 1. The molecule has 1 saturated heterocycles. The van der Waals surface area contributed by atoms with Crippen molar-refractivity contribution in [2.24, 2.45) is 11.8 Å². The molecule has 2 aromatic heterocycles. The van der Waals surface area contributed by atoms with Crippen molar-refractivity contribution in [3.05, 3.63) is 17.3 Å². The van der Waals surface area contributed by atoms with Crippen LogP contribution in [-0.2, 0) is 0 Å². The minimum absolute atomic E-state index is 0.154. The molecule has 1 aliphatic heterocycles. The van der Waals surface area contributed by atoms with Gasteiger partial charge in [0.1, 0.15) is 17.0 Å². The van der Waals surface area contributed by atoms with Crippen LogP contribution < -0.4 is 4.90 Å². The van der Waals surface area contributed by atoms with Crippen molar-refractivity contribution < 1.29 is 5.11 Å². The van der Waals surface area contributed by atoms with Crippen LogP contribution in [0.5, 0.6) is 0 Å². The molecule has 1 aliphatic carbocycles. The number of anilines is 1. The van der Waals surface area contributed by atoms with Crippen LogP contribution in [0.2, 0.25) is 0 Å². The third kappa shape index (κ3) is 2.74. The van der Waals surface area contributed by atoms with Gasteiger partial charge in [0, 0.05) is 23.4 Å². The number of hydrogen-bond donors (Lipinski definition) is 1. The summed E-state index contributed by atoms with van der Waals surface area (Å²) in [5.74, 6) is 2.18. The fraction of sp³-hybridized carbons (Fsp3) is 0.667. The molecule has 0 spiro atoms. The largest absolute Gasteiger partial charge is 0.393 e. The molecule has 124 valence electrons. The zero-order valence-corrected chi connectivity index (χ0v) is 14.7. The maximum absolute atomic E-state index is 10.6. The van der Waals surface area contributed by atoms with Gasteiger partial charge in [0.25, 0.3) is 0 Å². The summed E-state index contributed by atoms with van der Waals surface area (Å²) in [6.45, 7) is 5.50. The van der Waals surface area contributed by atoms with Crippen molar-refractivity contribution in [3.63, 3.8) is 0 Å². The smallest absolute Gasteiger partial charge is 0.141 e. The molecule has 4 nitrogen and oxygen atoms in total. The molecule has 1 saturated carbocycles. The molecule has 0 radical (unpaired) electrons. The minimum Gasteiger partial charge on any atom is -0.393 e. The summed E-state index contributed by atoms with van der Waals surface area (Å²) in [6.07, 6.45) is 7.15. The molecule has 3 heterocycles. The Morgan fingerprint density at radius 2 is 2.13 bits per heavy atom. The molecule has 4 atom stereocenters. The van der Waals surface area contributed by atoms with Gasteiger partial charge in [-0.3, -0.25) is 0 Å². The first-order valence-electron chi connectivity index (χ1n) is 8.79. The fourth-order valence-corrected chi connectivity index (χ4v) is 5.36. The van der Waals surface area contributed by atoms with E-state index in [1.54, 1.807) is 17.7 Å². The number of aliphatic hydroxyl groups excluding tert-OH is 1. The summed E-state index contributed by atoms with van der Waals surface area (Å²) < 4.78 is 0. The van der Waals surface area contributed by atoms with E-state index in [9.17, 15) is 5.11 Å². The number of aryl methyl sites for hydroxylation is 1. The van der Waals surface area contributed by atoms with E-state index in [0.717, 1.165) is 42.4 Å². The molecule has 1 N–H and O–H groups in total. The Bertz CT molecular complexity index is 701. The van der Waals surface area contributed by atoms with Crippen LogP contribution >= 0.6 is 11.3 Å². The second-order valence-corrected chi connectivity index (χ2v) is 8.56. The molecule has 4 rings (SSSR count). The van der Waals surface area contributed by atoms with Gasteiger partial charge < -0.3 is 10.0 Å². The van der Waals surface area contributed by atoms with Crippen LogP contribution in [0.4, 0.5) is 5.82 Å². The lowest BCUT2D eigenvalue weighted by molar-refractivity contribution is 0.0390. The van der Waals surface area contributed by atoms with Crippen LogP contribution in [-0.4, -0.2) is 33.8 Å². The van der Waals surface area contributed by atoms with E-state index >= 15 is 0 Å². The van der Waals surface area contributed by atoms with Crippen molar-refractivity contribution in [2.45, 2.75) is 58.1 Å². The van der Waals surface area contributed by atoms with Gasteiger partial charge in [-0.1, -0.05) is 6.92 Å². The maximum atomic E-state index is 10.6. The number of aromatic nitrogens is 2. The summed E-state index contributed by atoms with van der Waals surface area (Å²) >= 11 is 1.74. The lowest BCUT2D eigenvalue weighted by Crippen LogP contribution is -2.44. The molecular formula is C18H25N3OS. The van der Waals surface area contributed by atoms with Gasteiger partial charge in [0.2, 0.25) is 0 Å². The summed E-state index contributed by atoms with van der Waals surface area (Å²) in [6, 6.07) is 2.64. The van der Waals surface area contributed by atoms with Gasteiger partial charge in [0.15, 0.2) is 0 Å². The van der Waals surface area contributed by atoms with Crippen molar-refractivity contribution in [1.82, 2.24) is 9.97 Å². The second kappa shape index (κ2) is 6.02. The van der Waals surface area contributed by atoms with E-state index in [0.29, 0.717) is 12.0 Å². The summed E-state index contributed by atoms with van der Waals surface area (Å²) in [5.41, 5.74) is 0. The van der Waals surface area contributed by atoms with Crippen LogP contribution in [0.3, 0.4) is 0 Å². The summed E-state index contributed by atoms with van der Waals surface area (Å²) in [4.78, 5) is 13.9. The van der Waals surface area contributed by atoms with Gasteiger partial charge in [0.05, 0.1) is 11.5 Å². The van der Waals surface area contributed by atoms with Crippen LogP contribution in [0.15, 0.2) is 12.4 Å². The van der Waals surface area contributed by atoms with Crippen LogP contribution in [0.1, 0.15) is 43.9 Å². The number of hydrogen-bond acceptors (Lipinski definition) is 5. The van der Waals surface area contributed by atoms with Gasteiger partial charge in [-0.15, -0.1) is 11.3 Å². The van der Waals surface area contributed by atoms with E-state index in [2.05, 4.69) is 34.8 Å². The molecule has 0 unspecified atom stereocenters. The number of aliphatic hydroxyl groups is 1.